The molecule has 1 aliphatic carbocycles. The van der Waals surface area contributed by atoms with Gasteiger partial charge in [-0.15, -0.1) is 0 Å². The molecule has 0 saturated heterocycles. The van der Waals surface area contributed by atoms with Crippen molar-refractivity contribution in [2.24, 2.45) is 0 Å². The van der Waals surface area contributed by atoms with Crippen molar-refractivity contribution in [2.75, 3.05) is 0 Å². The van der Waals surface area contributed by atoms with Crippen LogP contribution >= 0.6 is 0 Å². The number of fused-ring (bicyclic) bond motifs is 13. The van der Waals surface area contributed by atoms with Gasteiger partial charge < -0.3 is 9.30 Å². The van der Waals surface area contributed by atoms with Gasteiger partial charge in [0.2, 0.25) is 0 Å². The number of hydrogen-bond donors (Lipinski definition) is 0. The molecule has 0 fully saturated rings. The van der Waals surface area contributed by atoms with Crippen LogP contribution in [-0.4, -0.2) is 4.57 Å². The maximum atomic E-state index is 6.86. The maximum absolute atomic E-state index is 6.86. The number of hydrogen-bond acceptors (Lipinski definition) is 1. The van der Waals surface area contributed by atoms with Crippen LogP contribution in [0.5, 0.6) is 11.5 Å². The summed E-state index contributed by atoms with van der Waals surface area (Å²) in [4.78, 5) is 0. The van der Waals surface area contributed by atoms with Crippen LogP contribution in [0.4, 0.5) is 0 Å². The third-order valence-electron chi connectivity index (χ3n) is 10.9. The van der Waals surface area contributed by atoms with E-state index in [0.717, 1.165) is 17.2 Å². The second-order valence-electron chi connectivity index (χ2n) is 13.2. The lowest BCUT2D eigenvalue weighted by molar-refractivity contribution is 0.437. The van der Waals surface area contributed by atoms with Crippen LogP contribution < -0.4 is 4.74 Å². The van der Waals surface area contributed by atoms with Crippen molar-refractivity contribution < 1.29 is 4.74 Å². The summed E-state index contributed by atoms with van der Waals surface area (Å²) in [5.41, 5.74) is 12.9. The zero-order valence-electron chi connectivity index (χ0n) is 26.6. The van der Waals surface area contributed by atoms with Gasteiger partial charge in [0.05, 0.1) is 16.4 Å². The van der Waals surface area contributed by atoms with E-state index in [0.29, 0.717) is 0 Å². The molecule has 228 valence electrons. The van der Waals surface area contributed by atoms with Crippen LogP contribution in [0.15, 0.2) is 176 Å². The summed E-state index contributed by atoms with van der Waals surface area (Å²) in [5.74, 6) is 1.82. The molecule has 11 rings (SSSR count). The van der Waals surface area contributed by atoms with Gasteiger partial charge in [-0.3, -0.25) is 0 Å². The maximum Gasteiger partial charge on any atom is 0.133 e. The molecule has 0 N–H and O–H groups in total. The van der Waals surface area contributed by atoms with Gasteiger partial charge in [0.15, 0.2) is 0 Å². The molecule has 9 aromatic rings. The molecular weight excluding hydrogens is 595 g/mol. The molecule has 0 saturated carbocycles. The summed E-state index contributed by atoms with van der Waals surface area (Å²) in [6.45, 7) is 0. The van der Waals surface area contributed by atoms with E-state index in [4.69, 9.17) is 4.74 Å². The molecule has 0 bridgehead atoms. The van der Waals surface area contributed by atoms with Gasteiger partial charge in [-0.2, -0.15) is 0 Å². The Morgan fingerprint density at radius 2 is 1.00 bits per heavy atom. The summed E-state index contributed by atoms with van der Waals surface area (Å²) in [7, 11) is 0. The van der Waals surface area contributed by atoms with Crippen molar-refractivity contribution in [2.45, 2.75) is 5.41 Å². The molecule has 0 amide bonds. The topological polar surface area (TPSA) is 14.2 Å². The van der Waals surface area contributed by atoms with E-state index in [1.807, 2.05) is 0 Å². The molecule has 2 aliphatic rings. The monoisotopic (exact) mass is 623 g/mol. The Bertz CT molecular complexity index is 2750. The first-order chi connectivity index (χ1) is 24.3. The molecule has 49 heavy (non-hydrogen) atoms. The van der Waals surface area contributed by atoms with E-state index in [1.165, 1.54) is 77.1 Å². The number of nitrogens with zero attached hydrogens (tertiary/aromatic N) is 1. The van der Waals surface area contributed by atoms with Crippen molar-refractivity contribution in [3.05, 3.63) is 198 Å². The van der Waals surface area contributed by atoms with Crippen molar-refractivity contribution in [1.82, 2.24) is 4.57 Å². The highest BCUT2D eigenvalue weighted by Crippen LogP contribution is 2.62. The molecule has 2 nitrogen and oxygen atoms in total. The minimum absolute atomic E-state index is 0.509. The fraction of sp³-hybridized carbons (Fsp3) is 0.0213. The zero-order chi connectivity index (χ0) is 32.1. The average molecular weight is 624 g/mol. The van der Waals surface area contributed by atoms with Crippen molar-refractivity contribution >= 4 is 32.6 Å². The van der Waals surface area contributed by atoms with Gasteiger partial charge in [0.1, 0.15) is 11.5 Å². The summed E-state index contributed by atoms with van der Waals surface area (Å²) in [6.07, 6.45) is 0. The first kappa shape index (κ1) is 26.7. The first-order valence-corrected chi connectivity index (χ1v) is 16.9. The van der Waals surface area contributed by atoms with Crippen LogP contribution in [0, 0.1) is 0 Å². The molecule has 1 aromatic heterocycles. The summed E-state index contributed by atoms with van der Waals surface area (Å²) < 4.78 is 9.29. The van der Waals surface area contributed by atoms with Crippen LogP contribution in [0.1, 0.15) is 22.3 Å². The largest absolute Gasteiger partial charge is 0.457 e. The van der Waals surface area contributed by atoms with Gasteiger partial charge in [0.25, 0.3) is 0 Å². The van der Waals surface area contributed by atoms with Gasteiger partial charge in [-0.1, -0.05) is 140 Å². The number of para-hydroxylation sites is 2. The SMILES string of the molecule is c1ccc2c(c1)Oc1cc3c4ccccc4n(-c4ccc(-c5cccc6ccccc56)cc4)c3cc1C21c2ccccc2-c2ccccc21. The molecule has 2 heterocycles. The van der Waals surface area contributed by atoms with E-state index in [-0.39, 0.29) is 0 Å². The Hall–Kier alpha value is -6.38. The fourth-order valence-corrected chi connectivity index (χ4v) is 8.86. The minimum Gasteiger partial charge on any atom is -0.457 e. The smallest absolute Gasteiger partial charge is 0.133 e. The van der Waals surface area contributed by atoms with Crippen LogP contribution in [0.3, 0.4) is 0 Å². The lowest BCUT2D eigenvalue weighted by Crippen LogP contribution is -2.32. The normalized spacial score (nSPS) is 13.6. The summed E-state index contributed by atoms with van der Waals surface area (Å²) in [6, 6.07) is 64.1. The van der Waals surface area contributed by atoms with Crippen LogP contribution in [0.2, 0.25) is 0 Å². The highest BCUT2D eigenvalue weighted by Gasteiger charge is 2.51. The number of ether oxygens (including phenoxy) is 1. The number of benzene rings is 8. The molecule has 2 heteroatoms. The van der Waals surface area contributed by atoms with Crippen LogP contribution in [0.25, 0.3) is 60.5 Å². The Morgan fingerprint density at radius 3 is 1.80 bits per heavy atom. The highest BCUT2D eigenvalue weighted by atomic mass is 16.5. The standard InChI is InChI=1S/C47H29NO/c1-2-14-33-30(12-1)13-11-18-34(33)31-24-26-32(27-25-31)48-43-22-9-5-17-37(43)38-28-46-42(29-44(38)48)47(41-21-8-10-23-45(41)49-46)39-19-6-3-15-35(39)36-16-4-7-20-40(36)47/h1-29H. The summed E-state index contributed by atoms with van der Waals surface area (Å²) >= 11 is 0. The van der Waals surface area contributed by atoms with Crippen molar-refractivity contribution in [1.29, 1.82) is 0 Å². The number of rotatable bonds is 2. The first-order valence-electron chi connectivity index (χ1n) is 16.9. The molecule has 1 spiro atoms. The minimum atomic E-state index is -0.509. The lowest BCUT2D eigenvalue weighted by Gasteiger charge is -2.39. The lowest BCUT2D eigenvalue weighted by atomic mass is 9.66. The Labute approximate surface area is 284 Å². The fourth-order valence-electron chi connectivity index (χ4n) is 8.86. The predicted molar refractivity (Wildman–Crippen MR) is 201 cm³/mol. The second-order valence-corrected chi connectivity index (χ2v) is 13.2. The third kappa shape index (κ3) is 3.50. The third-order valence-corrected chi connectivity index (χ3v) is 10.9. The van der Waals surface area contributed by atoms with E-state index >= 15 is 0 Å². The molecule has 8 aromatic carbocycles. The van der Waals surface area contributed by atoms with Gasteiger partial charge in [0, 0.05) is 27.6 Å². The second kappa shape index (κ2) is 9.82. The molecule has 0 unspecified atom stereocenters. The van der Waals surface area contributed by atoms with Crippen molar-refractivity contribution in [3.63, 3.8) is 0 Å². The molecule has 0 atom stereocenters. The number of aromatic nitrogens is 1. The molecule has 0 radical (unpaired) electrons. The Balaban J connectivity index is 1.20. The van der Waals surface area contributed by atoms with Gasteiger partial charge >= 0.3 is 0 Å². The zero-order valence-corrected chi connectivity index (χ0v) is 26.6. The summed E-state index contributed by atoms with van der Waals surface area (Å²) in [5, 5.41) is 4.91. The van der Waals surface area contributed by atoms with E-state index in [1.54, 1.807) is 0 Å². The van der Waals surface area contributed by atoms with Crippen LogP contribution in [-0.2, 0) is 5.41 Å². The quantitative estimate of drug-likeness (QED) is 0.187. The van der Waals surface area contributed by atoms with E-state index < -0.39 is 5.41 Å². The Kier molecular flexibility index (Phi) is 5.34. The average Bonchev–Trinajstić information content (AvgIpc) is 3.65. The predicted octanol–water partition coefficient (Wildman–Crippen LogP) is 12.1. The van der Waals surface area contributed by atoms with Crippen molar-refractivity contribution in [3.8, 4) is 39.4 Å². The molecule has 1 aliphatic heterocycles. The van der Waals surface area contributed by atoms with E-state index in [2.05, 4.69) is 180 Å². The Morgan fingerprint density at radius 1 is 0.388 bits per heavy atom. The van der Waals surface area contributed by atoms with Gasteiger partial charge in [-0.05, 0) is 80.6 Å². The molecular formula is C47H29NO. The van der Waals surface area contributed by atoms with Gasteiger partial charge in [-0.25, -0.2) is 0 Å². The van der Waals surface area contributed by atoms with E-state index in [9.17, 15) is 0 Å². The highest BCUT2D eigenvalue weighted by molar-refractivity contribution is 6.10.